The van der Waals surface area contributed by atoms with Crippen LogP contribution in [0.2, 0.25) is 0 Å². The van der Waals surface area contributed by atoms with Gasteiger partial charge in [0.1, 0.15) is 0 Å². The van der Waals surface area contributed by atoms with Crippen LogP contribution in [0.15, 0.2) is 0 Å². The van der Waals surface area contributed by atoms with Crippen molar-refractivity contribution in [3.8, 4) is 0 Å². The highest BCUT2D eigenvalue weighted by Crippen LogP contribution is 2.02. The van der Waals surface area contributed by atoms with Crippen molar-refractivity contribution in [2.45, 2.75) is 25.0 Å². The van der Waals surface area contributed by atoms with Crippen molar-refractivity contribution in [1.29, 1.82) is 0 Å². The molecule has 5 N–H and O–H groups in total. The van der Waals surface area contributed by atoms with Gasteiger partial charge in [-0.05, 0) is 0 Å². The number of ether oxygens (including phenoxy) is 2. The van der Waals surface area contributed by atoms with Gasteiger partial charge in [-0.1, -0.05) is 0 Å². The van der Waals surface area contributed by atoms with E-state index in [0.29, 0.717) is 0 Å². The molecule has 154 valence electrons. The monoisotopic (exact) mass is 395 g/mol. The van der Waals surface area contributed by atoms with Crippen LogP contribution < -0.4 is 0 Å². The first-order valence-electron chi connectivity index (χ1n) is 7.59. The second-order valence-corrected chi connectivity index (χ2v) is 5.26. The van der Waals surface area contributed by atoms with Crippen LogP contribution in [0, 0.1) is 0 Å². The molecule has 2 atom stereocenters. The van der Waals surface area contributed by atoms with Crippen LogP contribution >= 0.6 is 0 Å². The molecule has 0 saturated carbocycles. The smallest absolute Gasteiger partial charge is 0.333 e. The van der Waals surface area contributed by atoms with E-state index in [4.69, 9.17) is 35.0 Å². The zero-order valence-corrected chi connectivity index (χ0v) is 14.1. The number of hydrogen-bond acceptors (Lipinski definition) is 8. The summed E-state index contributed by atoms with van der Waals surface area (Å²) in [6, 6.07) is 0. The third-order valence-electron chi connectivity index (χ3n) is 3.08. The molecule has 0 fully saturated rings. The molecule has 0 aliphatic rings. The molecule has 0 aromatic heterocycles. The van der Waals surface area contributed by atoms with Gasteiger partial charge in [0.2, 0.25) is 0 Å². The highest BCUT2D eigenvalue weighted by molar-refractivity contribution is 5.80. The first-order valence-corrected chi connectivity index (χ1v) is 7.59. The van der Waals surface area contributed by atoms with Crippen LogP contribution in [0.25, 0.3) is 0 Å². The molecule has 0 radical (unpaired) electrons. The van der Waals surface area contributed by atoms with Crippen LogP contribution in [0.5, 0.6) is 0 Å². The minimum absolute atomic E-state index is 0.101. The van der Waals surface area contributed by atoms with Gasteiger partial charge in [0.25, 0.3) is 0 Å². The van der Waals surface area contributed by atoms with Crippen LogP contribution in [0.3, 0.4) is 0 Å². The van der Waals surface area contributed by atoms with Gasteiger partial charge in [-0.15, -0.1) is 0 Å². The number of carbonyl (C=O) groups is 5. The SMILES string of the molecule is O=C(O)CC(OCCN(CCOC(CC(=O)O)C(=O)O)CC(=O)O)C(=O)O. The quantitative estimate of drug-likeness (QED) is 0.197. The van der Waals surface area contributed by atoms with E-state index in [1.54, 1.807) is 0 Å². The maximum atomic E-state index is 10.9. The van der Waals surface area contributed by atoms with E-state index in [1.807, 2.05) is 0 Å². The summed E-state index contributed by atoms with van der Waals surface area (Å²) < 4.78 is 9.83. The zero-order valence-electron chi connectivity index (χ0n) is 14.1. The van der Waals surface area contributed by atoms with Gasteiger partial charge in [0, 0.05) is 13.1 Å². The van der Waals surface area contributed by atoms with Crippen molar-refractivity contribution in [2.75, 3.05) is 32.8 Å². The Hall–Kier alpha value is -2.77. The highest BCUT2D eigenvalue weighted by atomic mass is 16.5. The molecule has 0 aliphatic carbocycles. The average Bonchev–Trinajstić information content (AvgIpc) is 2.51. The number of nitrogens with zero attached hydrogens (tertiary/aromatic N) is 1. The molecule has 0 aliphatic heterocycles. The summed E-state index contributed by atoms with van der Waals surface area (Å²) in [5.41, 5.74) is 0. The van der Waals surface area contributed by atoms with Crippen molar-refractivity contribution in [2.24, 2.45) is 0 Å². The van der Waals surface area contributed by atoms with Crippen molar-refractivity contribution in [3.63, 3.8) is 0 Å². The van der Waals surface area contributed by atoms with E-state index in [9.17, 15) is 24.0 Å². The summed E-state index contributed by atoms with van der Waals surface area (Å²) in [7, 11) is 0. The fraction of sp³-hybridized carbons (Fsp3) is 0.643. The van der Waals surface area contributed by atoms with Crippen LogP contribution in [-0.2, 0) is 33.4 Å². The summed E-state index contributed by atoms with van der Waals surface area (Å²) in [4.78, 5) is 54.9. The Bertz CT molecular complexity index is 508. The Morgan fingerprint density at radius 2 is 1.04 bits per heavy atom. The molecule has 2 unspecified atom stereocenters. The van der Waals surface area contributed by atoms with Gasteiger partial charge < -0.3 is 35.0 Å². The Morgan fingerprint density at radius 1 is 0.667 bits per heavy atom. The summed E-state index contributed by atoms with van der Waals surface area (Å²) >= 11 is 0. The third-order valence-corrected chi connectivity index (χ3v) is 3.08. The van der Waals surface area contributed by atoms with Gasteiger partial charge in [-0.25, -0.2) is 9.59 Å². The lowest BCUT2D eigenvalue weighted by molar-refractivity contribution is -0.158. The maximum Gasteiger partial charge on any atom is 0.333 e. The summed E-state index contributed by atoms with van der Waals surface area (Å²) in [5.74, 6) is -6.95. The van der Waals surface area contributed by atoms with Gasteiger partial charge in [-0.3, -0.25) is 19.3 Å². The predicted octanol–water partition coefficient (Wildman–Crippen LogP) is -1.74. The van der Waals surface area contributed by atoms with Gasteiger partial charge >= 0.3 is 29.8 Å². The van der Waals surface area contributed by atoms with Crippen molar-refractivity contribution < 1.29 is 59.0 Å². The van der Waals surface area contributed by atoms with Crippen molar-refractivity contribution in [1.82, 2.24) is 4.90 Å². The second kappa shape index (κ2) is 12.6. The molecule has 0 aromatic carbocycles. The largest absolute Gasteiger partial charge is 0.481 e. The van der Waals surface area contributed by atoms with E-state index >= 15 is 0 Å². The lowest BCUT2D eigenvalue weighted by atomic mass is 10.2. The Morgan fingerprint density at radius 3 is 1.30 bits per heavy atom. The zero-order chi connectivity index (χ0) is 21.0. The standard InChI is InChI=1S/C14H21NO12/c16-10(17)5-8(13(22)23)26-3-1-15(7-12(20)21)2-4-27-9(14(24)25)6-11(18)19/h8-9H,1-7H2,(H,16,17)(H,18,19)(H,20,21)(H,22,23)(H,24,25). The second-order valence-electron chi connectivity index (χ2n) is 5.26. The summed E-state index contributed by atoms with van der Waals surface area (Å²) in [6.07, 6.45) is -4.74. The number of carboxylic acids is 5. The highest BCUT2D eigenvalue weighted by Gasteiger charge is 2.23. The maximum absolute atomic E-state index is 10.9. The Labute approximate surface area is 152 Å². The first kappa shape index (κ1) is 24.2. The molecule has 0 spiro atoms. The molecule has 0 bridgehead atoms. The van der Waals surface area contributed by atoms with Crippen molar-refractivity contribution >= 4 is 29.8 Å². The Balaban J connectivity index is 4.55. The lowest BCUT2D eigenvalue weighted by Gasteiger charge is -2.22. The number of rotatable bonds is 16. The lowest BCUT2D eigenvalue weighted by Crippen LogP contribution is -2.38. The van der Waals surface area contributed by atoms with E-state index in [1.165, 1.54) is 4.90 Å². The van der Waals surface area contributed by atoms with E-state index in [2.05, 4.69) is 0 Å². The molecule has 0 amide bonds. The fourth-order valence-electron chi connectivity index (χ4n) is 1.86. The van der Waals surface area contributed by atoms with Crippen LogP contribution in [-0.4, -0.2) is 105 Å². The van der Waals surface area contributed by atoms with Crippen LogP contribution in [0.1, 0.15) is 12.8 Å². The number of carboxylic acid groups (broad SMARTS) is 5. The molecular weight excluding hydrogens is 374 g/mol. The average molecular weight is 395 g/mol. The third kappa shape index (κ3) is 12.3. The number of hydrogen-bond donors (Lipinski definition) is 5. The molecule has 13 heteroatoms. The van der Waals surface area contributed by atoms with Gasteiger partial charge in [0.05, 0.1) is 32.6 Å². The molecule has 0 saturated heterocycles. The molecular formula is C14H21NO12. The molecule has 0 rings (SSSR count). The van der Waals surface area contributed by atoms with Crippen LogP contribution in [0.4, 0.5) is 0 Å². The van der Waals surface area contributed by atoms with E-state index in [0.717, 1.165) is 0 Å². The minimum Gasteiger partial charge on any atom is -0.481 e. The van der Waals surface area contributed by atoms with E-state index < -0.39 is 61.4 Å². The fourth-order valence-corrected chi connectivity index (χ4v) is 1.86. The van der Waals surface area contributed by atoms with Crippen molar-refractivity contribution in [3.05, 3.63) is 0 Å². The molecule has 13 nitrogen and oxygen atoms in total. The molecule has 0 aromatic rings. The molecule has 27 heavy (non-hydrogen) atoms. The Kier molecular flexibility index (Phi) is 11.3. The first-order chi connectivity index (χ1) is 12.5. The van der Waals surface area contributed by atoms with E-state index in [-0.39, 0.29) is 26.3 Å². The summed E-state index contributed by atoms with van der Waals surface area (Å²) in [5, 5.41) is 43.7. The molecule has 0 heterocycles. The normalized spacial score (nSPS) is 13.1. The minimum atomic E-state index is -1.60. The predicted molar refractivity (Wildman–Crippen MR) is 83.3 cm³/mol. The van der Waals surface area contributed by atoms with Gasteiger partial charge in [0.15, 0.2) is 12.2 Å². The van der Waals surface area contributed by atoms with Gasteiger partial charge in [-0.2, -0.15) is 0 Å². The topological polar surface area (TPSA) is 208 Å². The summed E-state index contributed by atoms with van der Waals surface area (Å²) in [6.45, 7) is -1.30. The number of aliphatic carboxylic acids is 5.